The van der Waals surface area contributed by atoms with E-state index in [-0.39, 0.29) is 23.6 Å². The summed E-state index contributed by atoms with van der Waals surface area (Å²) in [7, 11) is 1.46. The summed E-state index contributed by atoms with van der Waals surface area (Å²) in [6.07, 6.45) is -0.148. The second-order valence-corrected chi connectivity index (χ2v) is 3.23. The molecule has 0 aromatic heterocycles. The molecule has 1 aromatic carbocycles. The summed E-state index contributed by atoms with van der Waals surface area (Å²) in [4.78, 5) is 22.5. The van der Waals surface area contributed by atoms with Crippen LogP contribution in [0, 0.1) is 0 Å². The second kappa shape index (κ2) is 4.59. The minimum Gasteiger partial charge on any atom is -0.496 e. The smallest absolute Gasteiger partial charge is 0.176 e. The first-order valence-corrected chi connectivity index (χ1v) is 4.51. The Kier molecular flexibility index (Phi) is 3.44. The molecule has 2 N–H and O–H groups in total. The largest absolute Gasteiger partial charge is 0.496 e. The molecule has 15 heavy (non-hydrogen) atoms. The standard InChI is InChI=1S/C11H13NO3/c1-7(13)6-9(14)11-8(12)4-3-5-10(11)15-2/h3-5H,6,12H2,1-2H3. The zero-order valence-corrected chi connectivity index (χ0v) is 8.74. The third-order valence-corrected chi connectivity index (χ3v) is 1.97. The van der Waals surface area contributed by atoms with Gasteiger partial charge in [-0.3, -0.25) is 9.59 Å². The van der Waals surface area contributed by atoms with Crippen molar-refractivity contribution in [1.29, 1.82) is 0 Å². The van der Waals surface area contributed by atoms with Crippen LogP contribution in [0.3, 0.4) is 0 Å². The van der Waals surface area contributed by atoms with Crippen molar-refractivity contribution in [1.82, 2.24) is 0 Å². The SMILES string of the molecule is COc1cccc(N)c1C(=O)CC(C)=O. The zero-order chi connectivity index (χ0) is 11.4. The van der Waals surface area contributed by atoms with E-state index in [2.05, 4.69) is 0 Å². The molecule has 4 nitrogen and oxygen atoms in total. The Hall–Kier alpha value is -1.84. The van der Waals surface area contributed by atoms with Crippen molar-refractivity contribution in [2.24, 2.45) is 0 Å². The van der Waals surface area contributed by atoms with Gasteiger partial charge in [-0.15, -0.1) is 0 Å². The van der Waals surface area contributed by atoms with E-state index in [9.17, 15) is 9.59 Å². The van der Waals surface area contributed by atoms with Crippen LogP contribution in [0.25, 0.3) is 0 Å². The third kappa shape index (κ3) is 2.56. The Morgan fingerprint density at radius 1 is 1.40 bits per heavy atom. The van der Waals surface area contributed by atoms with Crippen LogP contribution in [0.5, 0.6) is 5.75 Å². The number of ether oxygens (including phenoxy) is 1. The Balaban J connectivity index is 3.11. The van der Waals surface area contributed by atoms with Gasteiger partial charge in [-0.1, -0.05) is 6.07 Å². The van der Waals surface area contributed by atoms with Crippen molar-refractivity contribution in [3.8, 4) is 5.75 Å². The number of hydrogen-bond acceptors (Lipinski definition) is 4. The summed E-state index contributed by atoms with van der Waals surface area (Å²) in [6.45, 7) is 1.36. The van der Waals surface area contributed by atoms with E-state index in [1.807, 2.05) is 0 Å². The molecule has 0 spiro atoms. The molecule has 80 valence electrons. The van der Waals surface area contributed by atoms with Gasteiger partial charge in [-0.05, 0) is 19.1 Å². The Labute approximate surface area is 88.0 Å². The van der Waals surface area contributed by atoms with E-state index < -0.39 is 0 Å². The Morgan fingerprint density at radius 2 is 2.07 bits per heavy atom. The molecule has 0 amide bonds. The minimum atomic E-state index is -0.308. The van der Waals surface area contributed by atoms with Crippen molar-refractivity contribution in [3.05, 3.63) is 23.8 Å². The highest BCUT2D eigenvalue weighted by Crippen LogP contribution is 2.25. The first-order chi connectivity index (χ1) is 7.06. The predicted octanol–water partition coefficient (Wildman–Crippen LogP) is 1.44. The number of nitrogens with two attached hydrogens (primary N) is 1. The first kappa shape index (κ1) is 11.2. The number of ketones is 2. The maximum Gasteiger partial charge on any atom is 0.176 e. The summed E-state index contributed by atoms with van der Waals surface area (Å²) in [5.74, 6) is -0.0935. The van der Waals surface area contributed by atoms with Gasteiger partial charge in [-0.2, -0.15) is 0 Å². The molecule has 0 aliphatic rings. The van der Waals surface area contributed by atoms with E-state index in [1.54, 1.807) is 18.2 Å². The highest BCUT2D eigenvalue weighted by molar-refractivity contribution is 6.11. The number of carbonyl (C=O) groups is 2. The molecule has 1 rings (SSSR count). The lowest BCUT2D eigenvalue weighted by Crippen LogP contribution is -2.09. The first-order valence-electron chi connectivity index (χ1n) is 4.51. The van der Waals surface area contributed by atoms with Crippen LogP contribution in [0.1, 0.15) is 23.7 Å². The number of methoxy groups -OCH3 is 1. The second-order valence-electron chi connectivity index (χ2n) is 3.23. The summed E-state index contributed by atoms with van der Waals surface area (Å²) in [5.41, 5.74) is 6.28. The topological polar surface area (TPSA) is 69.4 Å². The van der Waals surface area contributed by atoms with E-state index in [4.69, 9.17) is 10.5 Å². The number of benzene rings is 1. The molecular formula is C11H13NO3. The van der Waals surface area contributed by atoms with Gasteiger partial charge in [0.25, 0.3) is 0 Å². The number of Topliss-reactive ketones (excluding diaryl/α,β-unsaturated/α-hetero) is 2. The van der Waals surface area contributed by atoms with Crippen molar-refractivity contribution in [2.75, 3.05) is 12.8 Å². The van der Waals surface area contributed by atoms with Gasteiger partial charge in [0, 0.05) is 5.69 Å². The average molecular weight is 207 g/mol. The maximum atomic E-state index is 11.7. The molecule has 0 aliphatic heterocycles. The van der Waals surface area contributed by atoms with Crippen LogP contribution >= 0.6 is 0 Å². The lowest BCUT2D eigenvalue weighted by molar-refractivity contribution is -0.116. The monoisotopic (exact) mass is 207 g/mol. The number of anilines is 1. The molecule has 1 aromatic rings. The molecule has 0 aliphatic carbocycles. The molecule has 0 unspecified atom stereocenters. The molecule has 0 fully saturated rings. The van der Waals surface area contributed by atoms with Gasteiger partial charge < -0.3 is 10.5 Å². The van der Waals surface area contributed by atoms with Crippen LogP contribution in [-0.4, -0.2) is 18.7 Å². The maximum absolute atomic E-state index is 11.7. The van der Waals surface area contributed by atoms with Gasteiger partial charge >= 0.3 is 0 Å². The highest BCUT2D eigenvalue weighted by atomic mass is 16.5. The van der Waals surface area contributed by atoms with Crippen LogP contribution < -0.4 is 10.5 Å². The number of rotatable bonds is 4. The predicted molar refractivity (Wildman–Crippen MR) is 57.0 cm³/mol. The van der Waals surface area contributed by atoms with Crippen LogP contribution in [-0.2, 0) is 4.79 Å². The summed E-state index contributed by atoms with van der Waals surface area (Å²) in [5, 5.41) is 0. The van der Waals surface area contributed by atoms with Crippen LogP contribution in [0.2, 0.25) is 0 Å². The van der Waals surface area contributed by atoms with E-state index in [1.165, 1.54) is 14.0 Å². The van der Waals surface area contributed by atoms with Crippen molar-refractivity contribution in [2.45, 2.75) is 13.3 Å². The fourth-order valence-electron chi connectivity index (χ4n) is 1.33. The molecule has 0 bridgehead atoms. The lowest BCUT2D eigenvalue weighted by Gasteiger charge is -2.09. The fraction of sp³-hybridized carbons (Fsp3) is 0.273. The normalized spacial score (nSPS) is 9.73. The van der Waals surface area contributed by atoms with E-state index >= 15 is 0 Å². The molecular weight excluding hydrogens is 194 g/mol. The molecule has 0 atom stereocenters. The number of carbonyl (C=O) groups excluding carboxylic acids is 2. The molecule has 0 saturated carbocycles. The Morgan fingerprint density at radius 3 is 2.60 bits per heavy atom. The van der Waals surface area contributed by atoms with E-state index in [0.717, 1.165) is 0 Å². The lowest BCUT2D eigenvalue weighted by atomic mass is 10.0. The summed E-state index contributed by atoms with van der Waals surface area (Å²) in [6, 6.07) is 4.94. The van der Waals surface area contributed by atoms with E-state index in [0.29, 0.717) is 11.4 Å². The van der Waals surface area contributed by atoms with Gasteiger partial charge in [0.15, 0.2) is 5.78 Å². The van der Waals surface area contributed by atoms with Crippen molar-refractivity contribution in [3.63, 3.8) is 0 Å². The average Bonchev–Trinajstić information content (AvgIpc) is 2.15. The van der Waals surface area contributed by atoms with Crippen molar-refractivity contribution < 1.29 is 14.3 Å². The molecule has 0 saturated heterocycles. The highest BCUT2D eigenvalue weighted by Gasteiger charge is 2.16. The fourth-order valence-corrected chi connectivity index (χ4v) is 1.33. The van der Waals surface area contributed by atoms with Crippen LogP contribution in [0.4, 0.5) is 5.69 Å². The molecule has 0 heterocycles. The Bertz CT molecular complexity index is 399. The van der Waals surface area contributed by atoms with Gasteiger partial charge in [0.2, 0.25) is 0 Å². The van der Waals surface area contributed by atoms with Gasteiger partial charge in [-0.25, -0.2) is 0 Å². The minimum absolute atomic E-state index is 0.148. The number of hydrogen-bond donors (Lipinski definition) is 1. The molecule has 4 heteroatoms. The summed E-state index contributed by atoms with van der Waals surface area (Å²) >= 11 is 0. The van der Waals surface area contributed by atoms with Gasteiger partial charge in [0.1, 0.15) is 11.5 Å². The van der Waals surface area contributed by atoms with Crippen molar-refractivity contribution >= 4 is 17.3 Å². The third-order valence-electron chi connectivity index (χ3n) is 1.97. The van der Waals surface area contributed by atoms with Crippen LogP contribution in [0.15, 0.2) is 18.2 Å². The summed E-state index contributed by atoms with van der Waals surface area (Å²) < 4.78 is 5.02. The zero-order valence-electron chi connectivity index (χ0n) is 8.74. The number of nitrogen functional groups attached to an aromatic ring is 1. The molecule has 0 radical (unpaired) electrons. The van der Waals surface area contributed by atoms with Gasteiger partial charge in [0.05, 0.1) is 19.1 Å². The quantitative estimate of drug-likeness (QED) is 0.460.